The number of ether oxygens (including phenoxy) is 2. The maximum Gasteiger partial charge on any atom is 0.226 e. The monoisotopic (exact) mass is 484 g/mol. The maximum absolute atomic E-state index is 5.54. The van der Waals surface area contributed by atoms with Crippen LogP contribution in [-0.4, -0.2) is 33.8 Å². The molecule has 0 aliphatic carbocycles. The van der Waals surface area contributed by atoms with Gasteiger partial charge in [0.05, 0.1) is 20.5 Å². The van der Waals surface area contributed by atoms with Crippen LogP contribution in [0.3, 0.4) is 0 Å². The number of hydrogen-bond donors (Lipinski definition) is 2. The minimum absolute atomic E-state index is 0.502. The molecule has 36 heavy (non-hydrogen) atoms. The lowest BCUT2D eigenvalue weighted by molar-refractivity contribution is 0.354. The zero-order valence-electron chi connectivity index (χ0n) is 20.5. The highest BCUT2D eigenvalue weighted by molar-refractivity contribution is 5.58. The highest BCUT2D eigenvalue weighted by atomic mass is 16.5. The second-order valence-corrected chi connectivity index (χ2v) is 8.33. The number of anilines is 1. The van der Waals surface area contributed by atoms with Gasteiger partial charge in [0.25, 0.3) is 0 Å². The molecule has 0 fully saturated rings. The van der Waals surface area contributed by atoms with Crippen LogP contribution in [0.5, 0.6) is 11.5 Å². The van der Waals surface area contributed by atoms with Crippen molar-refractivity contribution in [3.05, 3.63) is 89.3 Å². The van der Waals surface area contributed by atoms with Gasteiger partial charge in [-0.25, -0.2) is 9.97 Å². The van der Waals surface area contributed by atoms with Gasteiger partial charge in [-0.05, 0) is 47.9 Å². The van der Waals surface area contributed by atoms with Crippen molar-refractivity contribution in [2.75, 3.05) is 19.5 Å². The molecule has 5 aromatic rings. The predicted molar refractivity (Wildman–Crippen MR) is 137 cm³/mol. The van der Waals surface area contributed by atoms with Crippen LogP contribution in [0, 0.1) is 6.92 Å². The van der Waals surface area contributed by atoms with Gasteiger partial charge in [0.1, 0.15) is 0 Å². The summed E-state index contributed by atoms with van der Waals surface area (Å²) < 4.78 is 18.0. The van der Waals surface area contributed by atoms with Gasteiger partial charge in [-0.3, -0.25) is 0 Å². The van der Waals surface area contributed by atoms with E-state index in [9.17, 15) is 0 Å². The van der Waals surface area contributed by atoms with Crippen LogP contribution in [-0.2, 0) is 19.6 Å². The molecule has 0 saturated carbocycles. The first-order valence-electron chi connectivity index (χ1n) is 11.6. The second-order valence-electron chi connectivity index (χ2n) is 8.33. The standard InChI is InChI=1S/C27H28N6O3/c1-18-7-4-5-8-20(18)15-28-16-21-17-30-27(29-14-19-10-11-22(34-2)24(13-19)35-3)33-26(21)31-25(32-33)23-9-6-12-36-23/h4-13,17,28H,14-16H2,1-3H3,(H,29,30). The quantitative estimate of drug-likeness (QED) is 0.297. The molecule has 3 aromatic heterocycles. The Morgan fingerprint density at radius 3 is 2.53 bits per heavy atom. The topological polar surface area (TPSA) is 98.7 Å². The van der Waals surface area contributed by atoms with Crippen molar-refractivity contribution in [3.8, 4) is 23.1 Å². The van der Waals surface area contributed by atoms with Gasteiger partial charge in [-0.2, -0.15) is 4.52 Å². The van der Waals surface area contributed by atoms with E-state index in [2.05, 4.69) is 45.8 Å². The Morgan fingerprint density at radius 2 is 1.75 bits per heavy atom. The molecular formula is C27H28N6O3. The summed E-state index contributed by atoms with van der Waals surface area (Å²) in [6, 6.07) is 17.8. The van der Waals surface area contributed by atoms with Crippen molar-refractivity contribution >= 4 is 11.6 Å². The van der Waals surface area contributed by atoms with E-state index in [0.717, 1.165) is 17.7 Å². The van der Waals surface area contributed by atoms with Crippen LogP contribution >= 0.6 is 0 Å². The van der Waals surface area contributed by atoms with E-state index >= 15 is 0 Å². The molecule has 2 aromatic carbocycles. The molecule has 0 atom stereocenters. The minimum atomic E-state index is 0.502. The Bertz CT molecular complexity index is 1460. The molecule has 0 unspecified atom stereocenters. The molecule has 0 saturated heterocycles. The first-order chi connectivity index (χ1) is 17.7. The van der Waals surface area contributed by atoms with E-state index in [4.69, 9.17) is 18.9 Å². The molecule has 2 N–H and O–H groups in total. The number of rotatable bonds is 10. The van der Waals surface area contributed by atoms with Crippen molar-refractivity contribution in [1.29, 1.82) is 0 Å². The van der Waals surface area contributed by atoms with E-state index in [1.54, 1.807) is 25.0 Å². The highest BCUT2D eigenvalue weighted by Gasteiger charge is 2.16. The number of benzene rings is 2. The van der Waals surface area contributed by atoms with Crippen LogP contribution in [0.2, 0.25) is 0 Å². The predicted octanol–water partition coefficient (Wildman–Crippen LogP) is 4.61. The number of fused-ring (bicyclic) bond motifs is 1. The molecule has 184 valence electrons. The summed E-state index contributed by atoms with van der Waals surface area (Å²) in [7, 11) is 3.24. The van der Waals surface area contributed by atoms with Crippen LogP contribution in [0.1, 0.15) is 22.3 Å². The summed E-state index contributed by atoms with van der Waals surface area (Å²) in [5.74, 6) is 3.04. The summed E-state index contributed by atoms with van der Waals surface area (Å²) >= 11 is 0. The van der Waals surface area contributed by atoms with E-state index in [0.29, 0.717) is 47.8 Å². The van der Waals surface area contributed by atoms with E-state index in [-0.39, 0.29) is 0 Å². The van der Waals surface area contributed by atoms with E-state index in [1.807, 2.05) is 42.6 Å². The van der Waals surface area contributed by atoms with Crippen molar-refractivity contribution in [3.63, 3.8) is 0 Å². The fourth-order valence-electron chi connectivity index (χ4n) is 3.99. The van der Waals surface area contributed by atoms with Gasteiger partial charge in [-0.1, -0.05) is 30.3 Å². The zero-order valence-corrected chi connectivity index (χ0v) is 20.5. The normalized spacial score (nSPS) is 11.1. The zero-order chi connectivity index (χ0) is 24.9. The van der Waals surface area contributed by atoms with Gasteiger partial charge in [0, 0.05) is 31.4 Å². The number of nitrogens with one attached hydrogen (secondary N) is 2. The van der Waals surface area contributed by atoms with Crippen molar-refractivity contribution < 1.29 is 13.9 Å². The van der Waals surface area contributed by atoms with Gasteiger partial charge >= 0.3 is 0 Å². The van der Waals surface area contributed by atoms with Gasteiger partial charge in [-0.15, -0.1) is 5.10 Å². The molecular weight excluding hydrogens is 456 g/mol. The molecule has 0 spiro atoms. The Kier molecular flexibility index (Phi) is 6.81. The molecule has 3 heterocycles. The third-order valence-corrected chi connectivity index (χ3v) is 5.97. The smallest absolute Gasteiger partial charge is 0.226 e. The van der Waals surface area contributed by atoms with Crippen LogP contribution in [0.15, 0.2) is 71.5 Å². The molecule has 9 nitrogen and oxygen atoms in total. The molecule has 0 aliphatic heterocycles. The van der Waals surface area contributed by atoms with Gasteiger partial charge in [0.2, 0.25) is 11.8 Å². The molecule has 0 amide bonds. The van der Waals surface area contributed by atoms with Crippen molar-refractivity contribution in [2.24, 2.45) is 0 Å². The first kappa shape index (κ1) is 23.4. The summed E-state index contributed by atoms with van der Waals surface area (Å²) in [5, 5.41) is 11.6. The molecule has 0 bridgehead atoms. The highest BCUT2D eigenvalue weighted by Crippen LogP contribution is 2.28. The molecule has 5 rings (SSSR count). The van der Waals surface area contributed by atoms with Crippen LogP contribution in [0.25, 0.3) is 17.2 Å². The SMILES string of the molecule is COc1ccc(CNc2ncc(CNCc3ccccc3C)c3nc(-c4ccco4)nn23)cc1OC. The van der Waals surface area contributed by atoms with E-state index < -0.39 is 0 Å². The van der Waals surface area contributed by atoms with Gasteiger partial charge < -0.3 is 24.5 Å². The van der Waals surface area contributed by atoms with Crippen LogP contribution < -0.4 is 20.1 Å². The summed E-state index contributed by atoms with van der Waals surface area (Å²) in [4.78, 5) is 9.42. The second kappa shape index (κ2) is 10.5. The van der Waals surface area contributed by atoms with Crippen molar-refractivity contribution in [2.45, 2.75) is 26.6 Å². The Balaban J connectivity index is 1.40. The summed E-state index contributed by atoms with van der Waals surface area (Å²) in [5.41, 5.74) is 5.17. The average molecular weight is 485 g/mol. The fourth-order valence-corrected chi connectivity index (χ4v) is 3.99. The average Bonchev–Trinajstić information content (AvgIpc) is 3.59. The summed E-state index contributed by atoms with van der Waals surface area (Å²) in [6.45, 7) is 3.97. The minimum Gasteiger partial charge on any atom is -0.493 e. The first-order valence-corrected chi connectivity index (χ1v) is 11.6. The fraction of sp³-hybridized carbons (Fsp3) is 0.222. The lowest BCUT2D eigenvalue weighted by atomic mass is 10.1. The number of aromatic nitrogens is 4. The molecule has 0 radical (unpaired) electrons. The number of hydrogen-bond acceptors (Lipinski definition) is 8. The molecule has 0 aliphatic rings. The lowest BCUT2D eigenvalue weighted by Crippen LogP contribution is -2.16. The lowest BCUT2D eigenvalue weighted by Gasteiger charge is -2.12. The van der Waals surface area contributed by atoms with E-state index in [1.165, 1.54) is 11.1 Å². The third-order valence-electron chi connectivity index (χ3n) is 5.97. The Hall–Kier alpha value is -4.37. The maximum atomic E-state index is 5.54. The number of methoxy groups -OCH3 is 2. The molecule has 9 heteroatoms. The Morgan fingerprint density at radius 1 is 0.917 bits per heavy atom. The largest absolute Gasteiger partial charge is 0.493 e. The summed E-state index contributed by atoms with van der Waals surface area (Å²) in [6.07, 6.45) is 3.44. The number of nitrogens with zero attached hydrogens (tertiary/aromatic N) is 4. The van der Waals surface area contributed by atoms with Gasteiger partial charge in [0.15, 0.2) is 22.9 Å². The number of aryl methyl sites for hydroxylation is 1. The van der Waals surface area contributed by atoms with Crippen molar-refractivity contribution in [1.82, 2.24) is 24.9 Å². The number of furan rings is 1. The third kappa shape index (κ3) is 4.87. The van der Waals surface area contributed by atoms with Crippen LogP contribution in [0.4, 0.5) is 5.95 Å². The Labute approximate surface area is 209 Å².